The quantitative estimate of drug-likeness (QED) is 0.264. The van der Waals surface area contributed by atoms with E-state index in [4.69, 9.17) is 37.4 Å². The van der Waals surface area contributed by atoms with Crippen LogP contribution in [0.2, 0.25) is 10.0 Å². The van der Waals surface area contributed by atoms with E-state index in [1.54, 1.807) is 36.4 Å². The van der Waals surface area contributed by atoms with Gasteiger partial charge in [-0.3, -0.25) is 9.59 Å². The maximum Gasteiger partial charge on any atom is 0.311 e. The Labute approximate surface area is 226 Å². The minimum Gasteiger partial charge on any atom is -0.493 e. The number of ketones is 1. The highest BCUT2D eigenvalue weighted by Crippen LogP contribution is 2.41. The van der Waals surface area contributed by atoms with Gasteiger partial charge in [0.2, 0.25) is 0 Å². The van der Waals surface area contributed by atoms with E-state index in [9.17, 15) is 14.7 Å². The molecule has 0 aliphatic carbocycles. The second kappa shape index (κ2) is 11.9. The van der Waals surface area contributed by atoms with Crippen LogP contribution in [0.1, 0.15) is 60.5 Å². The van der Waals surface area contributed by atoms with E-state index in [1.165, 1.54) is 0 Å². The molecule has 1 aliphatic rings. The van der Waals surface area contributed by atoms with Gasteiger partial charge in [0.1, 0.15) is 23.0 Å². The van der Waals surface area contributed by atoms with Gasteiger partial charge in [-0.25, -0.2) is 0 Å². The molecule has 0 radical (unpaired) electrons. The summed E-state index contributed by atoms with van der Waals surface area (Å²) < 4.78 is 17.4. The molecular formula is C29H28Cl2O6. The van der Waals surface area contributed by atoms with Crippen LogP contribution in [0, 0.1) is 0 Å². The van der Waals surface area contributed by atoms with E-state index in [1.807, 2.05) is 32.0 Å². The summed E-state index contributed by atoms with van der Waals surface area (Å²) >= 11 is 12.5. The number of carbonyl (C=O) groups is 2. The summed E-state index contributed by atoms with van der Waals surface area (Å²) in [7, 11) is 0. The van der Waals surface area contributed by atoms with Crippen molar-refractivity contribution in [3.8, 4) is 23.0 Å². The molecule has 6 nitrogen and oxygen atoms in total. The lowest BCUT2D eigenvalue weighted by Crippen LogP contribution is -2.20. The zero-order valence-electron chi connectivity index (χ0n) is 20.6. The van der Waals surface area contributed by atoms with E-state index in [0.717, 1.165) is 11.3 Å². The summed E-state index contributed by atoms with van der Waals surface area (Å²) in [6, 6.07) is 15.6. The average molecular weight is 543 g/mol. The lowest BCUT2D eigenvalue weighted by molar-refractivity contribution is -0.139. The van der Waals surface area contributed by atoms with Gasteiger partial charge in [0.15, 0.2) is 5.78 Å². The highest BCUT2D eigenvalue weighted by molar-refractivity contribution is 6.32. The Bertz CT molecular complexity index is 1290. The van der Waals surface area contributed by atoms with Gasteiger partial charge in [0.05, 0.1) is 23.7 Å². The van der Waals surface area contributed by atoms with Crippen LogP contribution in [0.3, 0.4) is 0 Å². The number of carboxylic acids is 1. The zero-order chi connectivity index (χ0) is 26.5. The molecule has 0 fully saturated rings. The van der Waals surface area contributed by atoms with Crippen LogP contribution < -0.4 is 14.2 Å². The highest BCUT2D eigenvalue weighted by atomic mass is 35.5. The van der Waals surface area contributed by atoms with Gasteiger partial charge in [-0.05, 0) is 81.1 Å². The molecule has 8 heteroatoms. The number of halogens is 2. The van der Waals surface area contributed by atoms with Crippen molar-refractivity contribution in [1.29, 1.82) is 0 Å². The molecule has 37 heavy (non-hydrogen) atoms. The summed E-state index contributed by atoms with van der Waals surface area (Å²) in [4.78, 5) is 24.3. The number of carboxylic acid groups (broad SMARTS) is 1. The normalized spacial score (nSPS) is 14.6. The number of ether oxygens (including phenoxy) is 3. The van der Waals surface area contributed by atoms with E-state index in [2.05, 4.69) is 0 Å². The Morgan fingerprint density at radius 3 is 2.51 bits per heavy atom. The van der Waals surface area contributed by atoms with Gasteiger partial charge < -0.3 is 19.3 Å². The van der Waals surface area contributed by atoms with Crippen LogP contribution in [0.25, 0.3) is 0 Å². The first-order valence-electron chi connectivity index (χ1n) is 12.2. The third-order valence-corrected chi connectivity index (χ3v) is 6.58. The van der Waals surface area contributed by atoms with Gasteiger partial charge in [-0.15, -0.1) is 0 Å². The second-order valence-electron chi connectivity index (χ2n) is 9.17. The summed E-state index contributed by atoms with van der Waals surface area (Å²) in [5, 5.41) is 10.4. The number of hydrogen-bond donors (Lipinski definition) is 1. The van der Waals surface area contributed by atoms with Gasteiger partial charge in [0, 0.05) is 28.6 Å². The van der Waals surface area contributed by atoms with Crippen molar-refractivity contribution in [2.24, 2.45) is 0 Å². The first-order chi connectivity index (χ1) is 17.7. The minimum absolute atomic E-state index is 0.0324. The standard InChI is InChI=1S/C29H28Cl2O6/c1-17(2)36-26-14-20(30)9-6-19(26)4-3-5-25(32)18-7-10-21(11-8-18)37-28-16-27-23(15-24(28)31)22(29(33)34)12-13-35-27/h6-11,14-17,22H,3-5,12-13H2,1-2H3,(H,33,34). The summed E-state index contributed by atoms with van der Waals surface area (Å²) in [5.74, 6) is 0.524. The molecule has 0 bridgehead atoms. The lowest BCUT2D eigenvalue weighted by Gasteiger charge is -2.24. The molecule has 0 saturated heterocycles. The van der Waals surface area contributed by atoms with Gasteiger partial charge in [-0.2, -0.15) is 0 Å². The number of aliphatic carboxylic acids is 1. The number of fused-ring (bicyclic) bond motifs is 1. The Hall–Kier alpha value is -3.22. The number of hydrogen-bond acceptors (Lipinski definition) is 5. The van der Waals surface area contributed by atoms with E-state index in [-0.39, 0.29) is 11.9 Å². The van der Waals surface area contributed by atoms with Crippen LogP contribution in [0.15, 0.2) is 54.6 Å². The van der Waals surface area contributed by atoms with Crippen molar-refractivity contribution in [3.63, 3.8) is 0 Å². The maximum absolute atomic E-state index is 12.7. The lowest BCUT2D eigenvalue weighted by atomic mass is 9.93. The fraction of sp³-hybridized carbons (Fsp3) is 0.310. The molecule has 1 aliphatic heterocycles. The third kappa shape index (κ3) is 6.76. The van der Waals surface area contributed by atoms with Crippen molar-refractivity contribution in [3.05, 3.63) is 81.3 Å². The van der Waals surface area contributed by atoms with E-state index >= 15 is 0 Å². The molecule has 0 amide bonds. The monoisotopic (exact) mass is 542 g/mol. The molecule has 0 spiro atoms. The first kappa shape index (κ1) is 26.8. The maximum atomic E-state index is 12.7. The van der Waals surface area contributed by atoms with Gasteiger partial charge in [0.25, 0.3) is 0 Å². The molecule has 1 N–H and O–H groups in total. The fourth-order valence-corrected chi connectivity index (χ4v) is 4.62. The Kier molecular flexibility index (Phi) is 8.62. The highest BCUT2D eigenvalue weighted by Gasteiger charge is 2.29. The first-order valence-corrected chi connectivity index (χ1v) is 12.9. The smallest absolute Gasteiger partial charge is 0.311 e. The summed E-state index contributed by atoms with van der Waals surface area (Å²) in [6.07, 6.45) is 2.19. The molecule has 0 aromatic heterocycles. The Balaban J connectivity index is 1.37. The molecule has 0 saturated carbocycles. The summed E-state index contributed by atoms with van der Waals surface area (Å²) in [5.41, 5.74) is 2.15. The predicted octanol–water partition coefficient (Wildman–Crippen LogP) is 7.73. The van der Waals surface area contributed by atoms with Crippen molar-refractivity contribution in [2.45, 2.75) is 51.6 Å². The predicted molar refractivity (Wildman–Crippen MR) is 143 cm³/mol. The number of Topliss-reactive ketones (excluding diaryl/α,β-unsaturated/α-hetero) is 1. The van der Waals surface area contributed by atoms with E-state index < -0.39 is 11.9 Å². The van der Waals surface area contributed by atoms with Crippen LogP contribution in [0.5, 0.6) is 23.0 Å². The average Bonchev–Trinajstić information content (AvgIpc) is 2.85. The van der Waals surface area contributed by atoms with Crippen LogP contribution in [-0.4, -0.2) is 29.6 Å². The molecule has 1 unspecified atom stereocenters. The summed E-state index contributed by atoms with van der Waals surface area (Å²) in [6.45, 7) is 4.24. The fourth-order valence-electron chi connectivity index (χ4n) is 4.24. The van der Waals surface area contributed by atoms with Crippen molar-refractivity contribution in [1.82, 2.24) is 0 Å². The van der Waals surface area contributed by atoms with Crippen LogP contribution >= 0.6 is 23.2 Å². The largest absolute Gasteiger partial charge is 0.493 e. The molecule has 3 aromatic rings. The molecule has 1 atom stereocenters. The molecule has 194 valence electrons. The number of rotatable bonds is 10. The van der Waals surface area contributed by atoms with Crippen molar-refractivity contribution in [2.75, 3.05) is 6.61 Å². The van der Waals surface area contributed by atoms with E-state index in [0.29, 0.717) is 70.7 Å². The van der Waals surface area contributed by atoms with Crippen molar-refractivity contribution >= 4 is 35.0 Å². The van der Waals surface area contributed by atoms with Gasteiger partial charge in [-0.1, -0.05) is 29.3 Å². The Morgan fingerprint density at radius 2 is 1.81 bits per heavy atom. The number of benzene rings is 3. The number of aryl methyl sites for hydroxylation is 1. The molecule has 1 heterocycles. The molecule has 4 rings (SSSR count). The van der Waals surface area contributed by atoms with Crippen LogP contribution in [0.4, 0.5) is 0 Å². The Morgan fingerprint density at radius 1 is 1.05 bits per heavy atom. The van der Waals surface area contributed by atoms with Crippen LogP contribution in [-0.2, 0) is 11.2 Å². The third-order valence-electron chi connectivity index (χ3n) is 6.05. The van der Waals surface area contributed by atoms with Crippen molar-refractivity contribution < 1.29 is 28.9 Å². The molecule has 3 aromatic carbocycles. The number of carbonyl (C=O) groups excluding carboxylic acids is 1. The molecular weight excluding hydrogens is 515 g/mol. The zero-order valence-corrected chi connectivity index (χ0v) is 22.1. The van der Waals surface area contributed by atoms with Gasteiger partial charge >= 0.3 is 5.97 Å². The topological polar surface area (TPSA) is 82.1 Å². The SMILES string of the molecule is CC(C)Oc1cc(Cl)ccc1CCCC(=O)c1ccc(Oc2cc3c(cc2Cl)C(C(=O)O)CCO3)cc1. The minimum atomic E-state index is -0.910. The second-order valence-corrected chi connectivity index (χ2v) is 10.0.